The van der Waals surface area contributed by atoms with E-state index in [0.29, 0.717) is 18.2 Å². The van der Waals surface area contributed by atoms with Gasteiger partial charge in [0.05, 0.1) is 5.69 Å². The van der Waals surface area contributed by atoms with Crippen molar-refractivity contribution in [2.75, 3.05) is 0 Å². The van der Waals surface area contributed by atoms with Gasteiger partial charge in [0.15, 0.2) is 0 Å². The highest BCUT2D eigenvalue weighted by Crippen LogP contribution is 2.25. The molecule has 2 rings (SSSR count). The highest BCUT2D eigenvalue weighted by Gasteiger charge is 2.10. The van der Waals surface area contributed by atoms with E-state index in [0.717, 1.165) is 29.8 Å². The van der Waals surface area contributed by atoms with Crippen molar-refractivity contribution in [3.05, 3.63) is 41.5 Å². The largest absolute Gasteiger partial charge is 0.310 e. The summed E-state index contributed by atoms with van der Waals surface area (Å²) in [5.41, 5.74) is 3.78. The average Bonchev–Trinajstić information content (AvgIpc) is 2.79. The molecular formula is C17H24FN3. The fourth-order valence-corrected chi connectivity index (χ4v) is 2.34. The summed E-state index contributed by atoms with van der Waals surface area (Å²) in [7, 11) is 0. The van der Waals surface area contributed by atoms with Gasteiger partial charge >= 0.3 is 0 Å². The van der Waals surface area contributed by atoms with Gasteiger partial charge in [-0.2, -0.15) is 5.10 Å². The van der Waals surface area contributed by atoms with Crippen molar-refractivity contribution < 1.29 is 4.39 Å². The van der Waals surface area contributed by atoms with Gasteiger partial charge in [-0.1, -0.05) is 26.8 Å². The van der Waals surface area contributed by atoms with Gasteiger partial charge in [-0.25, -0.2) is 4.39 Å². The zero-order valence-electron chi connectivity index (χ0n) is 13.3. The van der Waals surface area contributed by atoms with Crippen LogP contribution >= 0.6 is 0 Å². The van der Waals surface area contributed by atoms with Crippen molar-refractivity contribution in [3.8, 4) is 11.1 Å². The molecule has 0 saturated carbocycles. The first-order valence-corrected chi connectivity index (χ1v) is 7.57. The number of hydrogen-bond donors (Lipinski definition) is 1. The Labute approximate surface area is 126 Å². The van der Waals surface area contributed by atoms with Crippen LogP contribution in [-0.2, 0) is 13.1 Å². The van der Waals surface area contributed by atoms with Gasteiger partial charge in [-0.05, 0) is 31.0 Å². The van der Waals surface area contributed by atoms with Crippen LogP contribution in [0.5, 0.6) is 0 Å². The quantitative estimate of drug-likeness (QED) is 0.874. The minimum Gasteiger partial charge on any atom is -0.310 e. The summed E-state index contributed by atoms with van der Waals surface area (Å²) in [5.74, 6) is -0.162. The molecule has 0 amide bonds. The summed E-state index contributed by atoms with van der Waals surface area (Å²) in [4.78, 5) is 0. The molecule has 0 aliphatic rings. The smallest absolute Gasteiger partial charge is 0.127 e. The van der Waals surface area contributed by atoms with Crippen molar-refractivity contribution >= 4 is 0 Å². The maximum absolute atomic E-state index is 13.9. The van der Waals surface area contributed by atoms with Crippen LogP contribution in [0.3, 0.4) is 0 Å². The van der Waals surface area contributed by atoms with Gasteiger partial charge in [0.2, 0.25) is 0 Å². The van der Waals surface area contributed by atoms with Crippen LogP contribution < -0.4 is 5.32 Å². The first-order chi connectivity index (χ1) is 10.0. The molecule has 0 radical (unpaired) electrons. The van der Waals surface area contributed by atoms with E-state index in [1.807, 2.05) is 29.9 Å². The normalized spacial score (nSPS) is 11.3. The Kier molecular flexibility index (Phi) is 5.12. The molecule has 1 heterocycles. The van der Waals surface area contributed by atoms with E-state index in [2.05, 4.69) is 31.2 Å². The molecule has 1 N–H and O–H groups in total. The molecule has 3 nitrogen and oxygen atoms in total. The van der Waals surface area contributed by atoms with Crippen molar-refractivity contribution in [2.45, 2.75) is 53.2 Å². The Morgan fingerprint density at radius 1 is 1.33 bits per heavy atom. The van der Waals surface area contributed by atoms with E-state index < -0.39 is 0 Å². The lowest BCUT2D eigenvalue weighted by Gasteiger charge is -2.10. The molecule has 4 heteroatoms. The van der Waals surface area contributed by atoms with Crippen molar-refractivity contribution in [1.82, 2.24) is 15.1 Å². The van der Waals surface area contributed by atoms with Crippen LogP contribution in [0.4, 0.5) is 4.39 Å². The molecule has 0 bridgehead atoms. The van der Waals surface area contributed by atoms with Gasteiger partial charge in [0.25, 0.3) is 0 Å². The third-order valence-electron chi connectivity index (χ3n) is 3.46. The van der Waals surface area contributed by atoms with Crippen LogP contribution in [-0.4, -0.2) is 15.8 Å². The topological polar surface area (TPSA) is 29.9 Å². The Balaban J connectivity index is 2.29. The monoisotopic (exact) mass is 289 g/mol. The summed E-state index contributed by atoms with van der Waals surface area (Å²) in [5, 5.41) is 7.77. The Morgan fingerprint density at radius 3 is 2.76 bits per heavy atom. The van der Waals surface area contributed by atoms with Crippen LogP contribution in [0.2, 0.25) is 0 Å². The number of nitrogens with zero attached hydrogens (tertiary/aromatic N) is 2. The summed E-state index contributed by atoms with van der Waals surface area (Å²) in [6.07, 6.45) is 3.10. The number of benzene rings is 1. The molecule has 0 atom stereocenters. The van der Waals surface area contributed by atoms with Crippen molar-refractivity contribution in [3.63, 3.8) is 0 Å². The molecule has 0 fully saturated rings. The van der Waals surface area contributed by atoms with Gasteiger partial charge in [-0.15, -0.1) is 0 Å². The second-order valence-corrected chi connectivity index (χ2v) is 5.73. The number of halogens is 1. The minimum absolute atomic E-state index is 0.162. The fourth-order valence-electron chi connectivity index (χ4n) is 2.34. The van der Waals surface area contributed by atoms with Crippen LogP contribution in [0.15, 0.2) is 24.4 Å². The zero-order chi connectivity index (χ0) is 15.4. The first-order valence-electron chi connectivity index (χ1n) is 7.57. The van der Waals surface area contributed by atoms with Crippen LogP contribution in [0.25, 0.3) is 11.1 Å². The van der Waals surface area contributed by atoms with E-state index in [9.17, 15) is 4.39 Å². The molecule has 1 aromatic carbocycles. The summed E-state index contributed by atoms with van der Waals surface area (Å²) >= 11 is 0. The van der Waals surface area contributed by atoms with Gasteiger partial charge in [0.1, 0.15) is 5.82 Å². The Hall–Kier alpha value is -1.68. The van der Waals surface area contributed by atoms with Crippen LogP contribution in [0.1, 0.15) is 38.4 Å². The maximum atomic E-state index is 13.9. The SMILES string of the molecule is CCCn1cc(-c2ccc(F)c(CNC(C)C)c2)c(C)n1. The highest BCUT2D eigenvalue weighted by atomic mass is 19.1. The lowest BCUT2D eigenvalue weighted by molar-refractivity contribution is 0.553. The lowest BCUT2D eigenvalue weighted by atomic mass is 10.0. The molecule has 0 spiro atoms. The number of aromatic nitrogens is 2. The molecule has 0 saturated heterocycles. The number of nitrogens with one attached hydrogen (secondary N) is 1. The third-order valence-corrected chi connectivity index (χ3v) is 3.46. The second kappa shape index (κ2) is 6.85. The highest BCUT2D eigenvalue weighted by molar-refractivity contribution is 5.65. The Morgan fingerprint density at radius 2 is 2.10 bits per heavy atom. The number of hydrogen-bond acceptors (Lipinski definition) is 2. The second-order valence-electron chi connectivity index (χ2n) is 5.73. The van der Waals surface area contributed by atoms with Crippen molar-refractivity contribution in [2.24, 2.45) is 0 Å². The van der Waals surface area contributed by atoms with E-state index >= 15 is 0 Å². The maximum Gasteiger partial charge on any atom is 0.127 e. The standard InChI is InChI=1S/C17H24FN3/c1-5-8-21-11-16(13(4)20-21)14-6-7-17(18)15(9-14)10-19-12(2)3/h6-7,9,11-12,19H,5,8,10H2,1-4H3. The van der Waals surface area contributed by atoms with E-state index in [-0.39, 0.29) is 5.82 Å². The predicted molar refractivity (Wildman–Crippen MR) is 84.6 cm³/mol. The molecule has 0 unspecified atom stereocenters. The van der Waals surface area contributed by atoms with Gasteiger partial charge in [-0.3, -0.25) is 4.68 Å². The first kappa shape index (κ1) is 15.7. The van der Waals surface area contributed by atoms with Gasteiger partial charge in [0, 0.05) is 36.5 Å². The van der Waals surface area contributed by atoms with E-state index in [4.69, 9.17) is 0 Å². The lowest BCUT2D eigenvalue weighted by Crippen LogP contribution is -2.22. The molecular weight excluding hydrogens is 265 g/mol. The molecule has 2 aromatic rings. The molecule has 21 heavy (non-hydrogen) atoms. The average molecular weight is 289 g/mol. The van der Waals surface area contributed by atoms with Crippen molar-refractivity contribution in [1.29, 1.82) is 0 Å². The number of rotatable bonds is 6. The third kappa shape index (κ3) is 3.91. The summed E-state index contributed by atoms with van der Waals surface area (Å²) < 4.78 is 15.9. The molecule has 0 aliphatic heterocycles. The van der Waals surface area contributed by atoms with E-state index in [1.165, 1.54) is 0 Å². The van der Waals surface area contributed by atoms with Crippen LogP contribution in [0, 0.1) is 12.7 Å². The Bertz CT molecular complexity index is 602. The summed E-state index contributed by atoms with van der Waals surface area (Å²) in [6.45, 7) is 9.69. The fraction of sp³-hybridized carbons (Fsp3) is 0.471. The van der Waals surface area contributed by atoms with Gasteiger partial charge < -0.3 is 5.32 Å². The minimum atomic E-state index is -0.162. The van der Waals surface area contributed by atoms with E-state index in [1.54, 1.807) is 6.07 Å². The predicted octanol–water partition coefficient (Wildman–Crippen LogP) is 3.91. The molecule has 114 valence electrons. The number of aryl methyl sites for hydroxylation is 2. The summed E-state index contributed by atoms with van der Waals surface area (Å²) in [6, 6.07) is 5.63. The molecule has 0 aliphatic carbocycles. The zero-order valence-corrected chi connectivity index (χ0v) is 13.3. The molecule has 1 aromatic heterocycles.